The van der Waals surface area contributed by atoms with Gasteiger partial charge in [0, 0.05) is 36.9 Å². The molecule has 0 saturated carbocycles. The van der Waals surface area contributed by atoms with Crippen molar-refractivity contribution in [1.29, 1.82) is 0 Å². The van der Waals surface area contributed by atoms with Crippen LogP contribution in [0.1, 0.15) is 32.0 Å². The van der Waals surface area contributed by atoms with Gasteiger partial charge in [-0.1, -0.05) is 12.1 Å². The lowest BCUT2D eigenvalue weighted by molar-refractivity contribution is -0.124. The summed E-state index contributed by atoms with van der Waals surface area (Å²) in [6.45, 7) is 7.51. The number of carbonyl (C=O) groups is 1. The number of aryl methyl sites for hydroxylation is 1. The van der Waals surface area contributed by atoms with Crippen molar-refractivity contribution in [3.8, 4) is 0 Å². The van der Waals surface area contributed by atoms with E-state index >= 15 is 0 Å². The molecule has 138 valence electrons. The zero-order chi connectivity index (χ0) is 18.7. The van der Waals surface area contributed by atoms with Crippen LogP contribution in [0, 0.1) is 6.92 Å². The third-order valence-corrected chi connectivity index (χ3v) is 4.41. The molecule has 0 spiro atoms. The number of para-hydroxylation sites is 1. The van der Waals surface area contributed by atoms with Crippen LogP contribution in [-0.2, 0) is 9.53 Å². The molecule has 0 aliphatic rings. The van der Waals surface area contributed by atoms with E-state index in [2.05, 4.69) is 10.3 Å². The van der Waals surface area contributed by atoms with E-state index in [1.54, 1.807) is 0 Å². The minimum Gasteiger partial charge on any atom is -0.382 e. The van der Waals surface area contributed by atoms with Gasteiger partial charge < -0.3 is 10.1 Å². The molecule has 2 aromatic heterocycles. The summed E-state index contributed by atoms with van der Waals surface area (Å²) in [7, 11) is 0. The summed E-state index contributed by atoms with van der Waals surface area (Å²) in [5.41, 5.74) is 1.90. The molecule has 2 heterocycles. The lowest BCUT2D eigenvalue weighted by Gasteiger charge is -2.18. The first-order valence-corrected chi connectivity index (χ1v) is 8.89. The Morgan fingerprint density at radius 1 is 1.35 bits per heavy atom. The van der Waals surface area contributed by atoms with Crippen LogP contribution in [0.2, 0.25) is 0 Å². The topological polar surface area (TPSA) is 77.6 Å². The van der Waals surface area contributed by atoms with Crippen molar-refractivity contribution in [2.75, 3.05) is 19.8 Å². The molecule has 0 fully saturated rings. The highest BCUT2D eigenvalue weighted by molar-refractivity contribution is 5.94. The van der Waals surface area contributed by atoms with Crippen molar-refractivity contribution in [3.63, 3.8) is 0 Å². The number of nitrogens with one attached hydrogen (secondary N) is 1. The number of fused-ring (bicyclic) bond motifs is 3. The quantitative estimate of drug-likeness (QED) is 0.658. The highest BCUT2D eigenvalue weighted by atomic mass is 16.5. The maximum absolute atomic E-state index is 12.7. The molecule has 0 unspecified atom stereocenters. The van der Waals surface area contributed by atoms with Gasteiger partial charge in [0.1, 0.15) is 6.04 Å². The molecule has 1 aromatic carbocycles. The molecule has 0 bridgehead atoms. The molecule has 0 saturated heterocycles. The fraction of sp³-hybridized carbons (Fsp3) is 0.421. The van der Waals surface area contributed by atoms with Gasteiger partial charge in [0.05, 0.1) is 5.52 Å². The highest BCUT2D eigenvalue weighted by Gasteiger charge is 2.21. The van der Waals surface area contributed by atoms with E-state index in [1.165, 1.54) is 6.07 Å². The van der Waals surface area contributed by atoms with E-state index in [-0.39, 0.29) is 11.5 Å². The van der Waals surface area contributed by atoms with Crippen LogP contribution in [0.25, 0.3) is 16.6 Å². The highest BCUT2D eigenvalue weighted by Crippen LogP contribution is 2.24. The average Bonchev–Trinajstić information content (AvgIpc) is 2.95. The van der Waals surface area contributed by atoms with E-state index in [0.29, 0.717) is 25.4 Å². The Balaban J connectivity index is 1.98. The molecular weight excluding hydrogens is 332 g/mol. The second-order valence-corrected chi connectivity index (χ2v) is 6.25. The maximum atomic E-state index is 12.7. The molecule has 1 atom stereocenters. The Morgan fingerprint density at radius 3 is 2.88 bits per heavy atom. The molecule has 3 aromatic rings. The first-order valence-electron chi connectivity index (χ1n) is 8.89. The third kappa shape index (κ3) is 3.35. The van der Waals surface area contributed by atoms with Gasteiger partial charge >= 0.3 is 0 Å². The minimum atomic E-state index is -0.451. The zero-order valence-electron chi connectivity index (χ0n) is 15.4. The van der Waals surface area contributed by atoms with E-state index in [0.717, 1.165) is 23.0 Å². The summed E-state index contributed by atoms with van der Waals surface area (Å²) in [5, 5.41) is 3.81. The molecule has 1 amide bonds. The minimum absolute atomic E-state index is 0.0812. The predicted octanol–water partition coefficient (Wildman–Crippen LogP) is 2.06. The van der Waals surface area contributed by atoms with E-state index < -0.39 is 6.04 Å². The molecule has 7 heteroatoms. The largest absolute Gasteiger partial charge is 0.382 e. The van der Waals surface area contributed by atoms with Crippen LogP contribution >= 0.6 is 0 Å². The van der Waals surface area contributed by atoms with E-state index in [1.807, 2.05) is 54.2 Å². The fourth-order valence-corrected chi connectivity index (χ4v) is 3.18. The Bertz CT molecular complexity index is 990. The Labute approximate surface area is 151 Å². The number of ether oxygens (including phenoxy) is 1. The summed E-state index contributed by atoms with van der Waals surface area (Å²) in [6, 6.07) is 8.70. The molecule has 7 nitrogen and oxygen atoms in total. The summed E-state index contributed by atoms with van der Waals surface area (Å²) >= 11 is 0. The summed E-state index contributed by atoms with van der Waals surface area (Å²) in [5.74, 6) is -0.0812. The normalized spacial score (nSPS) is 12.6. The first-order chi connectivity index (χ1) is 12.5. The lowest BCUT2D eigenvalue weighted by Crippen LogP contribution is -2.33. The smallest absolute Gasteiger partial charge is 0.273 e. The maximum Gasteiger partial charge on any atom is 0.273 e. The van der Waals surface area contributed by atoms with Crippen LogP contribution in [0.15, 0.2) is 35.1 Å². The van der Waals surface area contributed by atoms with Gasteiger partial charge in [0.15, 0.2) is 5.65 Å². The van der Waals surface area contributed by atoms with Crippen molar-refractivity contribution < 1.29 is 9.53 Å². The van der Waals surface area contributed by atoms with Crippen molar-refractivity contribution in [2.24, 2.45) is 0 Å². The summed E-state index contributed by atoms with van der Waals surface area (Å²) in [6.07, 6.45) is 0.771. The predicted molar refractivity (Wildman–Crippen MR) is 101 cm³/mol. The number of hydrogen-bond acceptors (Lipinski definition) is 4. The van der Waals surface area contributed by atoms with Crippen LogP contribution in [-0.4, -0.2) is 39.8 Å². The number of aromatic nitrogens is 3. The summed E-state index contributed by atoms with van der Waals surface area (Å²) < 4.78 is 9.03. The van der Waals surface area contributed by atoms with Gasteiger partial charge in [0.2, 0.25) is 5.91 Å². The second-order valence-electron chi connectivity index (χ2n) is 6.25. The van der Waals surface area contributed by atoms with Gasteiger partial charge in [-0.3, -0.25) is 14.3 Å². The van der Waals surface area contributed by atoms with Gasteiger partial charge in [-0.25, -0.2) is 4.52 Å². The summed E-state index contributed by atoms with van der Waals surface area (Å²) in [4.78, 5) is 28.7. The van der Waals surface area contributed by atoms with Crippen LogP contribution in [0.5, 0.6) is 0 Å². The van der Waals surface area contributed by atoms with Crippen molar-refractivity contribution >= 4 is 22.5 Å². The standard InChI is InChI=1S/C19H24N4O3/c1-4-26-11-7-10-20-19(25)14(3)23-16-9-6-5-8-15(16)18-21-17(24)12-13(2)22(18)23/h5-6,8-9,12,14H,4,7,10-11H2,1-3H3,(H,20,25)/t14-/m1/s1. The van der Waals surface area contributed by atoms with Crippen LogP contribution < -0.4 is 10.9 Å². The third-order valence-electron chi connectivity index (χ3n) is 4.41. The molecule has 26 heavy (non-hydrogen) atoms. The van der Waals surface area contributed by atoms with Gasteiger partial charge in [0.25, 0.3) is 5.56 Å². The first kappa shape index (κ1) is 18.1. The van der Waals surface area contributed by atoms with Crippen molar-refractivity contribution in [2.45, 2.75) is 33.2 Å². The number of rotatable bonds is 7. The van der Waals surface area contributed by atoms with Gasteiger partial charge in [-0.15, -0.1) is 0 Å². The number of nitrogens with zero attached hydrogens (tertiary/aromatic N) is 3. The second kappa shape index (κ2) is 7.70. The number of benzene rings is 1. The molecule has 3 rings (SSSR count). The number of carbonyl (C=O) groups excluding carboxylic acids is 1. The molecular formula is C19H24N4O3. The zero-order valence-corrected chi connectivity index (χ0v) is 15.4. The number of amides is 1. The molecule has 1 N–H and O–H groups in total. The van der Waals surface area contributed by atoms with E-state index in [9.17, 15) is 9.59 Å². The monoisotopic (exact) mass is 356 g/mol. The SMILES string of the molecule is CCOCCCNC(=O)[C@@H](C)n1c2ccccc2c2nc(=O)cc(C)n21. The van der Waals surface area contributed by atoms with E-state index in [4.69, 9.17) is 4.74 Å². The lowest BCUT2D eigenvalue weighted by atomic mass is 10.2. The molecule has 0 aliphatic carbocycles. The molecule has 0 radical (unpaired) electrons. The van der Waals surface area contributed by atoms with Gasteiger partial charge in [-0.05, 0) is 39.3 Å². The Kier molecular flexibility index (Phi) is 5.37. The van der Waals surface area contributed by atoms with Gasteiger partial charge in [-0.2, -0.15) is 4.98 Å². The molecule has 0 aliphatic heterocycles. The van der Waals surface area contributed by atoms with Crippen molar-refractivity contribution in [1.82, 2.24) is 19.5 Å². The van der Waals surface area contributed by atoms with Crippen LogP contribution in [0.4, 0.5) is 0 Å². The van der Waals surface area contributed by atoms with Crippen LogP contribution in [0.3, 0.4) is 0 Å². The Hall–Kier alpha value is -2.67. The Morgan fingerprint density at radius 2 is 2.12 bits per heavy atom. The number of hydrogen-bond donors (Lipinski definition) is 1. The van der Waals surface area contributed by atoms with Crippen molar-refractivity contribution in [3.05, 3.63) is 46.4 Å². The fourth-order valence-electron chi connectivity index (χ4n) is 3.18. The average molecular weight is 356 g/mol.